The molecule has 0 spiro atoms. The Hall–Kier alpha value is -4.40. The Kier molecular flexibility index (Phi) is 20.7. The van der Waals surface area contributed by atoms with E-state index in [0.29, 0.717) is 39.1 Å². The second kappa shape index (κ2) is 23.3. The molecule has 58 heavy (non-hydrogen) atoms. The first-order valence-electron chi connectivity index (χ1n) is 18.1. The van der Waals surface area contributed by atoms with Crippen molar-refractivity contribution < 1.29 is 52.7 Å². The van der Waals surface area contributed by atoms with E-state index in [1.165, 1.54) is 19.4 Å². The quantitative estimate of drug-likeness (QED) is 0.0769. The number of aromatic amines is 1. The van der Waals surface area contributed by atoms with Crippen molar-refractivity contribution in [1.82, 2.24) is 24.8 Å². The van der Waals surface area contributed by atoms with Crippen LogP contribution in [-0.4, -0.2) is 148 Å². The van der Waals surface area contributed by atoms with E-state index in [1.54, 1.807) is 39.9 Å². The fourth-order valence-electron chi connectivity index (χ4n) is 5.32. The summed E-state index contributed by atoms with van der Waals surface area (Å²) in [5, 5.41) is 36.6. The number of carboxylic acid groups (broad SMARTS) is 3. The fraction of sp³-hybridized carbons (Fsp3) is 0.487. The molecule has 3 heterocycles. The van der Waals surface area contributed by atoms with Crippen LogP contribution in [0.5, 0.6) is 0 Å². The van der Waals surface area contributed by atoms with Crippen molar-refractivity contribution >= 4 is 69.7 Å². The van der Waals surface area contributed by atoms with Gasteiger partial charge in [0.2, 0.25) is 0 Å². The van der Waals surface area contributed by atoms with Gasteiger partial charge in [0.25, 0.3) is 0 Å². The number of aromatic nitrogens is 4. The first-order valence-corrected chi connectivity index (χ1v) is 19.8. The lowest BCUT2D eigenvalue weighted by Gasteiger charge is -2.34. The zero-order valence-electron chi connectivity index (χ0n) is 35.2. The van der Waals surface area contributed by atoms with E-state index in [9.17, 15) is 39.3 Å². The molecule has 1 aliphatic rings. The van der Waals surface area contributed by atoms with Gasteiger partial charge in [-0.3, -0.25) is 9.59 Å². The molecule has 3 atom stereocenters. The Balaban J connectivity index is 0.000000420. The smallest absolute Gasteiger partial charge is 0.193 e. The summed E-state index contributed by atoms with van der Waals surface area (Å²) in [6.07, 6.45) is 8.80. The molecule has 19 heteroatoms. The van der Waals surface area contributed by atoms with Crippen LogP contribution in [0.4, 0.5) is 0 Å². The lowest BCUT2D eigenvalue weighted by molar-refractivity contribution is -0.889. The summed E-state index contributed by atoms with van der Waals surface area (Å²) >= 11 is 9.29. The minimum Gasteiger partial charge on any atom is -0.544 e. The van der Waals surface area contributed by atoms with Gasteiger partial charge in [0.15, 0.2) is 15.4 Å². The standard InChI is InChI=1S/C16H21N3O2.C11H17N3O3S.C10H16N2O2S.C2H4OS/c1-19(2,3)15(16(20)21)9-14-11-18(12-17-14)10-13-7-5-4-6-8-13;1-7(15)18-11-12-6-8(13-11)5-9(10(16)17)14(2,3)4;1-12(2,3)8(10(13)14)4-7-5-9(15)11-6-7;1-2(3)4/h4-8,11-12,15H,9-10H2,1-3H3;6,9H,5H2,1-4H3,(H-,12,13,16,17);6,8H,4-5H2,1-3H3,(H-,11,13,14,15);1H3,(H,3,4)/t15-;9-;8-;/m000./s1. The number of thiocarbonyl (C=S) groups is 1. The van der Waals surface area contributed by atoms with Crippen molar-refractivity contribution in [2.45, 2.75) is 69.4 Å². The minimum absolute atomic E-state index is 0.0704. The Bertz CT molecular complexity index is 1870. The number of likely N-dealkylation sites (N-methyl/N-ethyl adjacent to an activating group) is 3. The average molecular weight is 863 g/mol. The van der Waals surface area contributed by atoms with E-state index in [0.717, 1.165) is 34.6 Å². The van der Waals surface area contributed by atoms with Gasteiger partial charge < -0.3 is 58.0 Å². The number of hydrogen-bond acceptors (Lipinski definition) is 12. The summed E-state index contributed by atoms with van der Waals surface area (Å²) in [6.45, 7) is 3.57. The van der Waals surface area contributed by atoms with E-state index < -0.39 is 36.0 Å². The first-order chi connectivity index (χ1) is 26.6. The highest BCUT2D eigenvalue weighted by Gasteiger charge is 2.29. The molecule has 16 nitrogen and oxygen atoms in total. The van der Waals surface area contributed by atoms with E-state index in [4.69, 9.17) is 12.2 Å². The molecule has 0 bridgehead atoms. The molecule has 0 unspecified atom stereocenters. The number of benzene rings is 1. The SMILES string of the molecule is CC(=O)S.CC(=O)Sc1ncc(C[C@@H](C(=O)[O-])[N+](C)(C)C)[nH]1.C[N+](C)(C)[C@@H](CC1=CNC(=S)C1)C(=O)[O-].C[N+](C)(C)[C@@H](Cc1cn(Cc2ccccc2)cn1)C(=O)[O-]. The number of H-pyrrole nitrogens is 1. The highest BCUT2D eigenvalue weighted by Crippen LogP contribution is 2.20. The van der Waals surface area contributed by atoms with Crippen molar-refractivity contribution in [3.63, 3.8) is 0 Å². The number of carbonyl (C=O) groups is 5. The summed E-state index contributed by atoms with van der Waals surface area (Å²) in [5.74, 6) is -3.15. The lowest BCUT2D eigenvalue weighted by Crippen LogP contribution is -2.55. The van der Waals surface area contributed by atoms with Gasteiger partial charge in [-0.05, 0) is 22.9 Å². The van der Waals surface area contributed by atoms with Crippen LogP contribution in [0.3, 0.4) is 0 Å². The molecule has 0 radical (unpaired) electrons. The second-order valence-electron chi connectivity index (χ2n) is 16.4. The predicted molar refractivity (Wildman–Crippen MR) is 224 cm³/mol. The molecule has 1 aliphatic heterocycles. The molecule has 0 fully saturated rings. The molecule has 0 aliphatic carbocycles. The van der Waals surface area contributed by atoms with Crippen LogP contribution in [0.25, 0.3) is 0 Å². The normalized spacial score (nSPS) is 14.1. The highest BCUT2D eigenvalue weighted by molar-refractivity contribution is 8.13. The molecule has 320 valence electrons. The molecule has 1 aromatic carbocycles. The van der Waals surface area contributed by atoms with E-state index >= 15 is 0 Å². The van der Waals surface area contributed by atoms with Gasteiger partial charge in [-0.2, -0.15) is 0 Å². The number of rotatable bonds is 15. The van der Waals surface area contributed by atoms with Gasteiger partial charge in [-0.1, -0.05) is 42.5 Å². The Morgan fingerprint density at radius 2 is 1.29 bits per heavy atom. The fourth-order valence-corrected chi connectivity index (χ4v) is 6.12. The van der Waals surface area contributed by atoms with Crippen LogP contribution in [0.2, 0.25) is 0 Å². The molecular formula is C39H58N8O8S3. The minimum atomic E-state index is -1.10. The number of hydrogen-bond donors (Lipinski definition) is 3. The van der Waals surface area contributed by atoms with E-state index in [2.05, 4.69) is 45.0 Å². The first kappa shape index (κ1) is 51.6. The lowest BCUT2D eigenvalue weighted by atomic mass is 10.0. The Morgan fingerprint density at radius 3 is 1.72 bits per heavy atom. The molecule has 3 aromatic rings. The Morgan fingerprint density at radius 1 is 0.810 bits per heavy atom. The number of thiol groups is 1. The van der Waals surface area contributed by atoms with Crippen molar-refractivity contribution in [3.8, 4) is 0 Å². The van der Waals surface area contributed by atoms with E-state index in [1.807, 2.05) is 71.2 Å². The van der Waals surface area contributed by atoms with Crippen molar-refractivity contribution in [2.24, 2.45) is 0 Å². The third kappa shape index (κ3) is 20.3. The number of nitrogens with zero attached hydrogens (tertiary/aromatic N) is 6. The Labute approximate surface area is 356 Å². The third-order valence-corrected chi connectivity index (χ3v) is 9.41. The molecule has 0 amide bonds. The van der Waals surface area contributed by atoms with Crippen LogP contribution in [0, 0.1) is 0 Å². The van der Waals surface area contributed by atoms with Gasteiger partial charge in [0, 0.05) is 70.4 Å². The maximum atomic E-state index is 11.3. The summed E-state index contributed by atoms with van der Waals surface area (Å²) < 4.78 is 2.89. The maximum Gasteiger partial charge on any atom is 0.193 e. The third-order valence-electron chi connectivity index (χ3n) is 8.46. The number of aliphatic carboxylic acids is 3. The summed E-state index contributed by atoms with van der Waals surface area (Å²) in [7, 11) is 16.5. The number of quaternary nitrogens is 3. The van der Waals surface area contributed by atoms with Gasteiger partial charge >= 0.3 is 0 Å². The van der Waals surface area contributed by atoms with Crippen LogP contribution >= 0.6 is 36.6 Å². The zero-order chi connectivity index (χ0) is 44.6. The van der Waals surface area contributed by atoms with Crippen molar-refractivity contribution in [2.75, 3.05) is 63.4 Å². The van der Waals surface area contributed by atoms with Crippen LogP contribution < -0.4 is 20.6 Å². The van der Waals surface area contributed by atoms with Crippen molar-refractivity contribution in [1.29, 1.82) is 0 Å². The summed E-state index contributed by atoms with van der Waals surface area (Å²) in [5.41, 5.74) is 3.67. The van der Waals surface area contributed by atoms with Crippen LogP contribution in [-0.2, 0) is 43.4 Å². The van der Waals surface area contributed by atoms with E-state index in [-0.39, 0.29) is 21.1 Å². The molecule has 2 aromatic heterocycles. The zero-order valence-corrected chi connectivity index (χ0v) is 37.7. The van der Waals surface area contributed by atoms with Gasteiger partial charge in [0.1, 0.15) is 18.1 Å². The number of imidazole rings is 2. The predicted octanol–water partition coefficient (Wildman–Crippen LogP) is -0.417. The summed E-state index contributed by atoms with van der Waals surface area (Å²) in [6, 6.07) is 8.27. The second-order valence-corrected chi connectivity index (χ2v) is 18.6. The maximum absolute atomic E-state index is 11.3. The van der Waals surface area contributed by atoms with Crippen LogP contribution in [0.1, 0.15) is 43.6 Å². The highest BCUT2D eigenvalue weighted by atomic mass is 32.2. The molecule has 0 saturated carbocycles. The number of thioether (sulfide) groups is 1. The number of carboxylic acids is 3. The monoisotopic (exact) mass is 862 g/mol. The molecule has 4 rings (SSSR count). The topological polar surface area (TPSA) is 213 Å². The summed E-state index contributed by atoms with van der Waals surface area (Å²) in [4.78, 5) is 65.6. The van der Waals surface area contributed by atoms with Crippen molar-refractivity contribution in [3.05, 3.63) is 77.8 Å². The van der Waals surface area contributed by atoms with Gasteiger partial charge in [-0.25, -0.2) is 9.97 Å². The molecule has 2 N–H and O–H groups in total. The molecule has 0 saturated heterocycles. The number of nitrogens with one attached hydrogen (secondary N) is 2. The van der Waals surface area contributed by atoms with Gasteiger partial charge in [-0.15, -0.1) is 12.6 Å². The molecular weight excluding hydrogens is 805 g/mol. The van der Waals surface area contributed by atoms with Crippen LogP contribution in [0.15, 0.2) is 66.0 Å². The largest absolute Gasteiger partial charge is 0.544 e. The number of carbonyl (C=O) groups excluding carboxylic acids is 5. The average Bonchev–Trinajstić information content (AvgIpc) is 3.81. The van der Waals surface area contributed by atoms with Gasteiger partial charge in [0.05, 0.1) is 98.3 Å².